The van der Waals surface area contributed by atoms with E-state index in [1.807, 2.05) is 19.1 Å². The Kier molecular flexibility index (Phi) is 2.54. The monoisotopic (exact) mass is 209 g/mol. The van der Waals surface area contributed by atoms with Crippen LogP contribution in [0.3, 0.4) is 0 Å². The van der Waals surface area contributed by atoms with E-state index >= 15 is 0 Å². The zero-order valence-electron chi connectivity index (χ0n) is 8.95. The summed E-state index contributed by atoms with van der Waals surface area (Å²) in [5.41, 5.74) is 7.27. The number of rotatable bonds is 2. The van der Waals surface area contributed by atoms with Crippen LogP contribution in [0.2, 0.25) is 0 Å². The van der Waals surface area contributed by atoms with Gasteiger partial charge in [-0.1, -0.05) is 6.07 Å². The lowest BCUT2D eigenvalue weighted by Crippen LogP contribution is -2.22. The molecule has 15 heavy (non-hydrogen) atoms. The Morgan fingerprint density at radius 3 is 2.60 bits per heavy atom. The quantitative estimate of drug-likeness (QED) is 0.750. The van der Waals surface area contributed by atoms with Gasteiger partial charge in [-0.3, -0.25) is 0 Å². The van der Waals surface area contributed by atoms with Gasteiger partial charge < -0.3 is 19.9 Å². The average Bonchev–Trinajstić information content (AvgIpc) is 2.67. The van der Waals surface area contributed by atoms with E-state index in [0.29, 0.717) is 24.7 Å². The van der Waals surface area contributed by atoms with Crippen molar-refractivity contribution in [3.8, 4) is 5.75 Å². The van der Waals surface area contributed by atoms with E-state index in [9.17, 15) is 0 Å². The third kappa shape index (κ3) is 1.78. The first-order valence-electron chi connectivity index (χ1n) is 4.87. The normalized spacial score (nSPS) is 19.1. The minimum atomic E-state index is -0.666. The molecule has 2 N–H and O–H groups in total. The number of nitrogens with two attached hydrogens (primary N) is 1. The number of ether oxygens (including phenoxy) is 3. The summed E-state index contributed by atoms with van der Waals surface area (Å²) in [4.78, 5) is 0. The molecule has 1 fully saturated rings. The lowest BCUT2D eigenvalue weighted by atomic mass is 10.1. The van der Waals surface area contributed by atoms with Gasteiger partial charge in [0.05, 0.1) is 26.0 Å². The molecule has 0 atom stereocenters. The number of methoxy groups -OCH3 is 1. The molecule has 1 saturated heterocycles. The van der Waals surface area contributed by atoms with Crippen LogP contribution in [0.15, 0.2) is 18.2 Å². The minimum Gasteiger partial charge on any atom is -0.495 e. The first kappa shape index (κ1) is 10.3. The number of anilines is 1. The minimum absolute atomic E-state index is 0.614. The second-order valence-corrected chi connectivity index (χ2v) is 3.60. The Morgan fingerprint density at radius 1 is 1.33 bits per heavy atom. The van der Waals surface area contributed by atoms with Crippen molar-refractivity contribution in [2.75, 3.05) is 26.1 Å². The van der Waals surface area contributed by atoms with E-state index in [1.165, 1.54) is 0 Å². The Morgan fingerprint density at radius 2 is 2.00 bits per heavy atom. The molecule has 1 aromatic rings. The summed E-state index contributed by atoms with van der Waals surface area (Å²) >= 11 is 0. The Hall–Kier alpha value is -1.26. The first-order chi connectivity index (χ1) is 7.15. The van der Waals surface area contributed by atoms with E-state index in [2.05, 4.69) is 0 Å². The number of hydrogen-bond acceptors (Lipinski definition) is 4. The molecule has 0 aromatic heterocycles. The molecule has 1 heterocycles. The second kappa shape index (κ2) is 3.72. The third-order valence-corrected chi connectivity index (χ3v) is 2.60. The lowest BCUT2D eigenvalue weighted by molar-refractivity contribution is -0.149. The SMILES string of the molecule is COc1cc(C2(C)OCCO2)ccc1N. The molecule has 2 rings (SSSR count). The number of nitrogen functional groups attached to an aromatic ring is 1. The molecule has 0 saturated carbocycles. The topological polar surface area (TPSA) is 53.7 Å². The lowest BCUT2D eigenvalue weighted by Gasteiger charge is -2.23. The highest BCUT2D eigenvalue weighted by atomic mass is 16.7. The summed E-state index contributed by atoms with van der Waals surface area (Å²) < 4.78 is 16.2. The maximum Gasteiger partial charge on any atom is 0.192 e. The van der Waals surface area contributed by atoms with Crippen LogP contribution < -0.4 is 10.5 Å². The Bertz CT molecular complexity index is 359. The van der Waals surface area contributed by atoms with Gasteiger partial charge in [-0.05, 0) is 19.1 Å². The fourth-order valence-electron chi connectivity index (χ4n) is 1.67. The van der Waals surface area contributed by atoms with E-state index in [-0.39, 0.29) is 0 Å². The van der Waals surface area contributed by atoms with Gasteiger partial charge in [-0.25, -0.2) is 0 Å². The molecule has 0 amide bonds. The summed E-state index contributed by atoms with van der Waals surface area (Å²) in [6.07, 6.45) is 0. The predicted molar refractivity (Wildman–Crippen MR) is 56.7 cm³/mol. The van der Waals surface area contributed by atoms with Crippen molar-refractivity contribution >= 4 is 5.69 Å². The molecule has 1 aliphatic heterocycles. The molecular weight excluding hydrogens is 194 g/mol. The van der Waals surface area contributed by atoms with Crippen LogP contribution in [0, 0.1) is 0 Å². The second-order valence-electron chi connectivity index (χ2n) is 3.60. The van der Waals surface area contributed by atoms with Crippen molar-refractivity contribution in [2.45, 2.75) is 12.7 Å². The fraction of sp³-hybridized carbons (Fsp3) is 0.455. The molecule has 1 aliphatic rings. The highest BCUT2D eigenvalue weighted by Gasteiger charge is 2.33. The highest BCUT2D eigenvalue weighted by molar-refractivity contribution is 5.54. The van der Waals surface area contributed by atoms with Gasteiger partial charge in [0, 0.05) is 5.56 Å². The number of hydrogen-bond donors (Lipinski definition) is 1. The van der Waals surface area contributed by atoms with Crippen LogP contribution in [0.25, 0.3) is 0 Å². The van der Waals surface area contributed by atoms with Crippen molar-refractivity contribution in [1.82, 2.24) is 0 Å². The molecule has 4 heteroatoms. The van der Waals surface area contributed by atoms with Gasteiger partial charge in [-0.2, -0.15) is 0 Å². The van der Waals surface area contributed by atoms with Crippen LogP contribution in [0.1, 0.15) is 12.5 Å². The average molecular weight is 209 g/mol. The van der Waals surface area contributed by atoms with Crippen molar-refractivity contribution in [1.29, 1.82) is 0 Å². The largest absolute Gasteiger partial charge is 0.495 e. The zero-order chi connectivity index (χ0) is 10.9. The van der Waals surface area contributed by atoms with Gasteiger partial charge >= 0.3 is 0 Å². The Labute approximate surface area is 88.9 Å². The van der Waals surface area contributed by atoms with Crippen LogP contribution >= 0.6 is 0 Å². The molecule has 0 aliphatic carbocycles. The molecule has 0 spiro atoms. The van der Waals surface area contributed by atoms with E-state index in [4.69, 9.17) is 19.9 Å². The Balaban J connectivity index is 2.36. The van der Waals surface area contributed by atoms with Gasteiger partial charge in [-0.15, -0.1) is 0 Å². The predicted octanol–water partition coefficient (Wildman–Crippen LogP) is 1.50. The molecule has 0 unspecified atom stereocenters. The number of benzene rings is 1. The summed E-state index contributed by atoms with van der Waals surface area (Å²) in [5, 5.41) is 0. The molecule has 82 valence electrons. The van der Waals surface area contributed by atoms with Crippen molar-refractivity contribution < 1.29 is 14.2 Å². The first-order valence-corrected chi connectivity index (χ1v) is 4.87. The zero-order valence-corrected chi connectivity index (χ0v) is 8.95. The highest BCUT2D eigenvalue weighted by Crippen LogP contribution is 2.34. The fourth-order valence-corrected chi connectivity index (χ4v) is 1.67. The van der Waals surface area contributed by atoms with Crippen molar-refractivity contribution in [3.63, 3.8) is 0 Å². The summed E-state index contributed by atoms with van der Waals surface area (Å²) in [5.74, 6) is -0.0196. The van der Waals surface area contributed by atoms with E-state index in [1.54, 1.807) is 13.2 Å². The van der Waals surface area contributed by atoms with Crippen molar-refractivity contribution in [3.05, 3.63) is 23.8 Å². The summed E-state index contributed by atoms with van der Waals surface area (Å²) in [6.45, 7) is 3.12. The molecular formula is C11H15NO3. The molecule has 0 bridgehead atoms. The molecule has 0 radical (unpaired) electrons. The van der Waals surface area contributed by atoms with Crippen LogP contribution in [-0.2, 0) is 15.3 Å². The van der Waals surface area contributed by atoms with Crippen LogP contribution in [0.4, 0.5) is 5.69 Å². The summed E-state index contributed by atoms with van der Waals surface area (Å²) in [7, 11) is 1.59. The van der Waals surface area contributed by atoms with E-state index < -0.39 is 5.79 Å². The standard InChI is InChI=1S/C11H15NO3/c1-11(14-5-6-15-11)8-3-4-9(12)10(7-8)13-2/h3-4,7H,5-6,12H2,1-2H3. The van der Waals surface area contributed by atoms with Crippen LogP contribution in [-0.4, -0.2) is 20.3 Å². The maximum atomic E-state index is 5.74. The summed E-state index contributed by atoms with van der Waals surface area (Å²) in [6, 6.07) is 5.54. The third-order valence-electron chi connectivity index (χ3n) is 2.60. The molecule has 4 nitrogen and oxygen atoms in total. The van der Waals surface area contributed by atoms with Gasteiger partial charge in [0.15, 0.2) is 5.79 Å². The molecule has 1 aromatic carbocycles. The van der Waals surface area contributed by atoms with Crippen LogP contribution in [0.5, 0.6) is 5.75 Å². The van der Waals surface area contributed by atoms with Crippen molar-refractivity contribution in [2.24, 2.45) is 0 Å². The van der Waals surface area contributed by atoms with Gasteiger partial charge in [0.2, 0.25) is 0 Å². The smallest absolute Gasteiger partial charge is 0.192 e. The van der Waals surface area contributed by atoms with Gasteiger partial charge in [0.25, 0.3) is 0 Å². The van der Waals surface area contributed by atoms with E-state index in [0.717, 1.165) is 5.56 Å². The maximum absolute atomic E-state index is 5.74. The van der Waals surface area contributed by atoms with Gasteiger partial charge in [0.1, 0.15) is 5.75 Å².